The number of aromatic nitrogens is 3. The van der Waals surface area contributed by atoms with Gasteiger partial charge in [0.25, 0.3) is 0 Å². The Labute approximate surface area is 304 Å². The van der Waals surface area contributed by atoms with Crippen molar-refractivity contribution in [3.05, 3.63) is 176 Å². The summed E-state index contributed by atoms with van der Waals surface area (Å²) < 4.78 is 6.53. The van der Waals surface area contributed by atoms with Crippen molar-refractivity contribution in [2.45, 2.75) is 0 Å². The maximum Gasteiger partial charge on any atom is 0.164 e. The number of nitrogens with zero attached hydrogens (tertiary/aromatic N) is 3. The van der Waals surface area contributed by atoms with E-state index in [1.807, 2.05) is 42.5 Å². The van der Waals surface area contributed by atoms with Gasteiger partial charge in [0.05, 0.1) is 0 Å². The summed E-state index contributed by atoms with van der Waals surface area (Å²) >= 11 is 0. The first kappa shape index (κ1) is 29.5. The first-order valence-corrected chi connectivity index (χ1v) is 17.8. The van der Waals surface area contributed by atoms with Crippen molar-refractivity contribution in [2.24, 2.45) is 0 Å². The van der Waals surface area contributed by atoms with Crippen LogP contribution >= 0.6 is 0 Å². The van der Waals surface area contributed by atoms with E-state index >= 15 is 0 Å². The van der Waals surface area contributed by atoms with Gasteiger partial charge in [-0.2, -0.15) is 0 Å². The van der Waals surface area contributed by atoms with Gasteiger partial charge in [-0.1, -0.05) is 146 Å². The lowest BCUT2D eigenvalue weighted by Gasteiger charge is -2.12. The van der Waals surface area contributed by atoms with E-state index in [4.69, 9.17) is 19.4 Å². The predicted molar refractivity (Wildman–Crippen MR) is 219 cm³/mol. The van der Waals surface area contributed by atoms with Gasteiger partial charge in [-0.15, -0.1) is 0 Å². The summed E-state index contributed by atoms with van der Waals surface area (Å²) in [5, 5.41) is 11.9. The molecule has 0 saturated carbocycles. The third kappa shape index (κ3) is 4.88. The first-order chi connectivity index (χ1) is 26.2. The second kappa shape index (κ2) is 11.7. The van der Waals surface area contributed by atoms with E-state index in [0.29, 0.717) is 17.5 Å². The van der Waals surface area contributed by atoms with Crippen molar-refractivity contribution in [2.75, 3.05) is 0 Å². The molecule has 0 aliphatic rings. The lowest BCUT2D eigenvalue weighted by atomic mass is 9.95. The molecule has 0 N–H and O–H groups in total. The fourth-order valence-corrected chi connectivity index (χ4v) is 7.89. The summed E-state index contributed by atoms with van der Waals surface area (Å²) in [7, 11) is 0. The molecule has 2 heterocycles. The topological polar surface area (TPSA) is 51.8 Å². The molecule has 0 atom stereocenters. The molecule has 0 aliphatic heterocycles. The Morgan fingerprint density at radius 1 is 0.302 bits per heavy atom. The molecule has 0 fully saturated rings. The van der Waals surface area contributed by atoms with Crippen LogP contribution in [0.1, 0.15) is 0 Å². The van der Waals surface area contributed by atoms with E-state index in [0.717, 1.165) is 55.1 Å². The van der Waals surface area contributed by atoms with E-state index < -0.39 is 0 Å². The first-order valence-electron chi connectivity index (χ1n) is 17.8. The van der Waals surface area contributed by atoms with Crippen LogP contribution in [0.3, 0.4) is 0 Å². The molecule has 53 heavy (non-hydrogen) atoms. The zero-order valence-electron chi connectivity index (χ0n) is 28.5. The van der Waals surface area contributed by atoms with E-state index in [-0.39, 0.29) is 0 Å². The zero-order valence-corrected chi connectivity index (χ0v) is 28.5. The van der Waals surface area contributed by atoms with Gasteiger partial charge in [-0.25, -0.2) is 15.0 Å². The normalized spacial score (nSPS) is 11.8. The standard InChI is InChI=1S/C49H29N3O/c1-2-12-32(13-3-1)47-50-48(36-22-23-39-34(27-36)21-25-40-38-15-7-6-11-31(38)20-24-41(39)40)52-49(51-47)37-28-43(35-19-18-30-10-4-5-14-33(30)26-35)46-42-16-8-9-17-44(42)53-45(46)29-37/h1-29H. The average molecular weight is 676 g/mol. The van der Waals surface area contributed by atoms with Gasteiger partial charge >= 0.3 is 0 Å². The number of fused-ring (bicyclic) bond motifs is 9. The Kier molecular flexibility index (Phi) is 6.52. The second-order valence-electron chi connectivity index (χ2n) is 13.6. The SMILES string of the molecule is c1ccc(-c2nc(-c3ccc4c(ccc5c6ccccc6ccc45)c3)nc(-c3cc(-c4ccc5ccccc5c4)c4c(c3)oc3ccccc34)n2)cc1. The minimum atomic E-state index is 0.586. The molecule has 2 aromatic heterocycles. The highest BCUT2D eigenvalue weighted by atomic mass is 16.3. The second-order valence-corrected chi connectivity index (χ2v) is 13.6. The molecule has 0 aliphatic carbocycles. The Balaban J connectivity index is 1.13. The van der Waals surface area contributed by atoms with Crippen molar-refractivity contribution in [3.63, 3.8) is 0 Å². The number of hydrogen-bond acceptors (Lipinski definition) is 4. The minimum Gasteiger partial charge on any atom is -0.456 e. The van der Waals surface area contributed by atoms with Gasteiger partial charge in [0, 0.05) is 27.5 Å². The highest BCUT2D eigenvalue weighted by Gasteiger charge is 2.19. The van der Waals surface area contributed by atoms with Crippen LogP contribution in [0.25, 0.3) is 110 Å². The zero-order chi connectivity index (χ0) is 34.9. The third-order valence-electron chi connectivity index (χ3n) is 10.5. The lowest BCUT2D eigenvalue weighted by Crippen LogP contribution is -2.00. The van der Waals surface area contributed by atoms with Crippen molar-refractivity contribution in [1.29, 1.82) is 0 Å². The molecule has 0 amide bonds. The quantitative estimate of drug-likeness (QED) is 0.174. The highest BCUT2D eigenvalue weighted by Crippen LogP contribution is 2.41. The summed E-state index contributed by atoms with van der Waals surface area (Å²) in [4.78, 5) is 15.4. The molecule has 0 bridgehead atoms. The van der Waals surface area contributed by atoms with Crippen LogP contribution in [0.5, 0.6) is 0 Å². The molecular formula is C49H29N3O. The van der Waals surface area contributed by atoms with Crippen LogP contribution in [-0.4, -0.2) is 15.0 Å². The summed E-state index contributed by atoms with van der Waals surface area (Å²) in [5.74, 6) is 1.82. The molecule has 0 radical (unpaired) electrons. The molecule has 0 saturated heterocycles. The summed E-state index contributed by atoms with van der Waals surface area (Å²) in [6.07, 6.45) is 0. The smallest absolute Gasteiger partial charge is 0.164 e. The Morgan fingerprint density at radius 2 is 0.868 bits per heavy atom. The van der Waals surface area contributed by atoms with E-state index in [1.54, 1.807) is 0 Å². The molecule has 0 unspecified atom stereocenters. The van der Waals surface area contributed by atoms with Crippen LogP contribution < -0.4 is 0 Å². The van der Waals surface area contributed by atoms with Crippen LogP contribution in [0.2, 0.25) is 0 Å². The van der Waals surface area contributed by atoms with Gasteiger partial charge in [-0.05, 0) is 84.5 Å². The largest absolute Gasteiger partial charge is 0.456 e. The molecule has 11 rings (SSSR count). The van der Waals surface area contributed by atoms with Gasteiger partial charge < -0.3 is 4.42 Å². The average Bonchev–Trinajstić information content (AvgIpc) is 3.61. The molecule has 4 nitrogen and oxygen atoms in total. The number of benzene rings is 9. The molecule has 246 valence electrons. The Hall–Kier alpha value is -7.17. The van der Waals surface area contributed by atoms with Crippen molar-refractivity contribution >= 4 is 65.0 Å². The number of furan rings is 1. The molecule has 0 spiro atoms. The lowest BCUT2D eigenvalue weighted by molar-refractivity contribution is 0.669. The summed E-state index contributed by atoms with van der Waals surface area (Å²) in [6.45, 7) is 0. The molecule has 9 aromatic carbocycles. The maximum absolute atomic E-state index is 6.53. The molecule has 11 aromatic rings. The predicted octanol–water partition coefficient (Wildman–Crippen LogP) is 13.1. The van der Waals surface area contributed by atoms with Gasteiger partial charge in [-0.3, -0.25) is 0 Å². The monoisotopic (exact) mass is 675 g/mol. The Morgan fingerprint density at radius 3 is 1.70 bits per heavy atom. The maximum atomic E-state index is 6.53. The Bertz CT molecular complexity index is 3240. The van der Waals surface area contributed by atoms with Crippen molar-refractivity contribution in [3.8, 4) is 45.3 Å². The fourth-order valence-electron chi connectivity index (χ4n) is 7.89. The molecular weight excluding hydrogens is 647 g/mol. The van der Waals surface area contributed by atoms with E-state index in [2.05, 4.69) is 133 Å². The molecule has 4 heteroatoms. The highest BCUT2D eigenvalue weighted by molar-refractivity contribution is 6.18. The van der Waals surface area contributed by atoms with E-state index in [9.17, 15) is 0 Å². The van der Waals surface area contributed by atoms with Gasteiger partial charge in [0.1, 0.15) is 11.2 Å². The van der Waals surface area contributed by atoms with E-state index in [1.165, 1.54) is 37.7 Å². The number of hydrogen-bond donors (Lipinski definition) is 0. The van der Waals surface area contributed by atoms with Crippen molar-refractivity contribution < 1.29 is 4.42 Å². The van der Waals surface area contributed by atoms with Crippen LogP contribution in [0.15, 0.2) is 180 Å². The summed E-state index contributed by atoms with van der Waals surface area (Å²) in [5.41, 5.74) is 6.53. The number of para-hydroxylation sites is 1. The summed E-state index contributed by atoms with van der Waals surface area (Å²) in [6, 6.07) is 61.7. The van der Waals surface area contributed by atoms with Crippen LogP contribution in [0.4, 0.5) is 0 Å². The van der Waals surface area contributed by atoms with Gasteiger partial charge in [0.2, 0.25) is 0 Å². The fraction of sp³-hybridized carbons (Fsp3) is 0. The number of rotatable bonds is 4. The third-order valence-corrected chi connectivity index (χ3v) is 10.5. The minimum absolute atomic E-state index is 0.586. The van der Waals surface area contributed by atoms with Crippen LogP contribution in [0, 0.1) is 0 Å². The van der Waals surface area contributed by atoms with Gasteiger partial charge in [0.15, 0.2) is 17.5 Å². The van der Waals surface area contributed by atoms with Crippen LogP contribution in [-0.2, 0) is 0 Å². The van der Waals surface area contributed by atoms with Crippen molar-refractivity contribution in [1.82, 2.24) is 15.0 Å².